The number of aromatic nitrogens is 2. The topological polar surface area (TPSA) is 157 Å². The first-order valence-electron chi connectivity index (χ1n) is 7.01. The van der Waals surface area contributed by atoms with Crippen molar-refractivity contribution in [1.82, 2.24) is 9.97 Å². The summed E-state index contributed by atoms with van der Waals surface area (Å²) in [5.74, 6) is -0.0108. The minimum atomic E-state index is -0.616. The molecule has 0 amide bonds. The number of hydrogen-bond acceptors (Lipinski definition) is 10. The van der Waals surface area contributed by atoms with E-state index in [0.717, 1.165) is 0 Å². The van der Waals surface area contributed by atoms with Gasteiger partial charge in [0.05, 0.1) is 22.1 Å². The summed E-state index contributed by atoms with van der Waals surface area (Å²) in [5.41, 5.74) is 5.36. The fourth-order valence-electron chi connectivity index (χ4n) is 1.84. The molecule has 2 aromatic rings. The first-order valence-corrected chi connectivity index (χ1v) is 7.01. The van der Waals surface area contributed by atoms with Gasteiger partial charge in [0.25, 0.3) is 5.69 Å². The maximum Gasteiger partial charge on any atom is 0.354 e. The highest BCUT2D eigenvalue weighted by Gasteiger charge is 2.22. The van der Waals surface area contributed by atoms with Crippen LogP contribution in [0.4, 0.5) is 28.7 Å². The van der Waals surface area contributed by atoms with E-state index in [-0.39, 0.29) is 23.0 Å². The Morgan fingerprint density at radius 2 is 1.72 bits per heavy atom. The first-order chi connectivity index (χ1) is 12.0. The Balaban J connectivity index is 2.13. The average molecular weight is 349 g/mol. The number of non-ortho nitro benzene ring substituents is 1. The molecule has 0 aliphatic carbocycles. The van der Waals surface area contributed by atoms with Gasteiger partial charge in [-0.05, 0) is 12.1 Å². The van der Waals surface area contributed by atoms with Crippen LogP contribution in [0.5, 0.6) is 0 Å². The zero-order chi connectivity index (χ0) is 18.2. The number of hydrazine groups is 1. The molecular formula is C13H15N7O5. The van der Waals surface area contributed by atoms with Gasteiger partial charge in [-0.1, -0.05) is 0 Å². The number of rotatable bonds is 9. The Hall–Kier alpha value is -3.54. The van der Waals surface area contributed by atoms with Gasteiger partial charge in [0.1, 0.15) is 6.33 Å². The molecule has 0 spiro atoms. The van der Waals surface area contributed by atoms with E-state index in [0.29, 0.717) is 18.8 Å². The molecule has 12 nitrogen and oxygen atoms in total. The predicted octanol–water partition coefficient (Wildman–Crippen LogP) is 1.79. The van der Waals surface area contributed by atoms with Crippen LogP contribution in [-0.2, 0) is 4.74 Å². The van der Waals surface area contributed by atoms with Gasteiger partial charge in [-0.15, -0.1) is 0 Å². The third-order valence-electron chi connectivity index (χ3n) is 3.01. The molecule has 25 heavy (non-hydrogen) atoms. The summed E-state index contributed by atoms with van der Waals surface area (Å²) in [6.45, 7) is 0.689. The van der Waals surface area contributed by atoms with Crippen LogP contribution in [0.3, 0.4) is 0 Å². The first kappa shape index (κ1) is 17.8. The van der Waals surface area contributed by atoms with Crippen molar-refractivity contribution in [3.05, 3.63) is 50.8 Å². The number of nitro groups is 2. The van der Waals surface area contributed by atoms with Gasteiger partial charge in [0.2, 0.25) is 11.6 Å². The van der Waals surface area contributed by atoms with E-state index in [1.807, 2.05) is 0 Å². The van der Waals surface area contributed by atoms with Gasteiger partial charge in [0, 0.05) is 25.8 Å². The van der Waals surface area contributed by atoms with Gasteiger partial charge in [-0.3, -0.25) is 31.1 Å². The molecule has 0 aliphatic rings. The molecule has 12 heteroatoms. The van der Waals surface area contributed by atoms with Crippen molar-refractivity contribution in [2.45, 2.75) is 0 Å². The molecule has 1 aromatic heterocycles. The second kappa shape index (κ2) is 8.35. The van der Waals surface area contributed by atoms with Crippen LogP contribution in [0.2, 0.25) is 0 Å². The lowest BCUT2D eigenvalue weighted by molar-refractivity contribution is -0.384. The number of nitrogens with one attached hydrogen (secondary N) is 3. The third kappa shape index (κ3) is 4.71. The molecule has 1 aromatic carbocycles. The zero-order valence-electron chi connectivity index (χ0n) is 13.1. The molecule has 132 valence electrons. The number of hydrogen-bond donors (Lipinski definition) is 3. The fourth-order valence-corrected chi connectivity index (χ4v) is 1.84. The number of methoxy groups -OCH3 is 1. The average Bonchev–Trinajstić information content (AvgIpc) is 2.60. The van der Waals surface area contributed by atoms with E-state index >= 15 is 0 Å². The van der Waals surface area contributed by atoms with Crippen molar-refractivity contribution in [1.29, 1.82) is 0 Å². The highest BCUT2D eigenvalue weighted by atomic mass is 16.6. The summed E-state index contributed by atoms with van der Waals surface area (Å²) in [4.78, 5) is 28.5. The lowest BCUT2D eigenvalue weighted by Gasteiger charge is -2.11. The number of nitro benzene ring substituents is 1. The van der Waals surface area contributed by atoms with Gasteiger partial charge in [0.15, 0.2) is 0 Å². The van der Waals surface area contributed by atoms with Crippen molar-refractivity contribution in [2.75, 3.05) is 36.4 Å². The van der Waals surface area contributed by atoms with E-state index in [1.165, 1.54) is 37.7 Å². The van der Waals surface area contributed by atoms with Crippen molar-refractivity contribution in [3.8, 4) is 0 Å². The van der Waals surface area contributed by atoms with Crippen LogP contribution < -0.4 is 16.2 Å². The minimum Gasteiger partial charge on any atom is -0.383 e. The van der Waals surface area contributed by atoms with E-state index < -0.39 is 9.85 Å². The standard InChI is InChI=1S/C13H15N7O5/c1-25-7-6-14-12-11(20(23)24)13(16-8-15-12)18-17-9-2-4-10(5-3-9)19(21)22/h2-5,8,17H,6-7H2,1H3,(H2,14,15,16,18). The third-order valence-corrected chi connectivity index (χ3v) is 3.01. The summed E-state index contributed by atoms with van der Waals surface area (Å²) in [5, 5.41) is 24.7. The SMILES string of the molecule is COCCNc1ncnc(NNc2ccc([N+](=O)[O-])cc2)c1[N+](=O)[O-]. The second-order valence-electron chi connectivity index (χ2n) is 4.65. The number of nitrogens with zero attached hydrogens (tertiary/aromatic N) is 4. The number of benzene rings is 1. The molecule has 3 N–H and O–H groups in total. The quantitative estimate of drug-likeness (QED) is 0.346. The molecule has 1 heterocycles. The molecular weight excluding hydrogens is 334 g/mol. The van der Waals surface area contributed by atoms with Crippen molar-refractivity contribution >= 4 is 28.7 Å². The molecule has 0 atom stereocenters. The number of anilines is 3. The lowest BCUT2D eigenvalue weighted by Crippen LogP contribution is -2.15. The Morgan fingerprint density at radius 3 is 2.32 bits per heavy atom. The molecule has 0 radical (unpaired) electrons. The summed E-state index contributed by atoms with van der Waals surface area (Å²) in [6.07, 6.45) is 1.17. The summed E-state index contributed by atoms with van der Waals surface area (Å²) in [7, 11) is 1.51. The fraction of sp³-hybridized carbons (Fsp3) is 0.231. The second-order valence-corrected chi connectivity index (χ2v) is 4.65. The molecule has 0 fully saturated rings. The van der Waals surface area contributed by atoms with Crippen molar-refractivity contribution in [3.63, 3.8) is 0 Å². The zero-order valence-corrected chi connectivity index (χ0v) is 13.1. The summed E-state index contributed by atoms with van der Waals surface area (Å²) < 4.78 is 4.87. The molecule has 0 saturated heterocycles. The largest absolute Gasteiger partial charge is 0.383 e. The van der Waals surface area contributed by atoms with Crippen LogP contribution >= 0.6 is 0 Å². The van der Waals surface area contributed by atoms with E-state index in [4.69, 9.17) is 4.74 Å². The van der Waals surface area contributed by atoms with E-state index in [2.05, 4.69) is 26.1 Å². The van der Waals surface area contributed by atoms with E-state index in [9.17, 15) is 20.2 Å². The maximum absolute atomic E-state index is 11.3. The van der Waals surface area contributed by atoms with Crippen molar-refractivity contribution < 1.29 is 14.6 Å². The maximum atomic E-state index is 11.3. The van der Waals surface area contributed by atoms with Crippen LogP contribution in [0, 0.1) is 20.2 Å². The Bertz CT molecular complexity index is 753. The van der Waals surface area contributed by atoms with E-state index in [1.54, 1.807) is 0 Å². The van der Waals surface area contributed by atoms with Gasteiger partial charge >= 0.3 is 5.69 Å². The normalized spacial score (nSPS) is 10.1. The monoisotopic (exact) mass is 349 g/mol. The minimum absolute atomic E-state index is 0.0463. The Kier molecular flexibility index (Phi) is 5.95. The van der Waals surface area contributed by atoms with Crippen LogP contribution in [0.1, 0.15) is 0 Å². The van der Waals surface area contributed by atoms with Crippen LogP contribution in [0.15, 0.2) is 30.6 Å². The van der Waals surface area contributed by atoms with Gasteiger partial charge < -0.3 is 10.1 Å². The Labute approximate surface area is 141 Å². The lowest BCUT2D eigenvalue weighted by atomic mass is 10.3. The smallest absolute Gasteiger partial charge is 0.354 e. The predicted molar refractivity (Wildman–Crippen MR) is 89.4 cm³/mol. The van der Waals surface area contributed by atoms with Crippen LogP contribution in [-0.4, -0.2) is 40.1 Å². The summed E-state index contributed by atoms with van der Waals surface area (Å²) >= 11 is 0. The number of ether oxygens (including phenoxy) is 1. The molecule has 0 bridgehead atoms. The molecule has 0 aliphatic heterocycles. The Morgan fingerprint density at radius 1 is 1.04 bits per heavy atom. The van der Waals surface area contributed by atoms with Crippen molar-refractivity contribution in [2.24, 2.45) is 0 Å². The summed E-state index contributed by atoms with van der Waals surface area (Å²) in [6, 6.07) is 5.51. The van der Waals surface area contributed by atoms with Gasteiger partial charge in [-0.2, -0.15) is 0 Å². The van der Waals surface area contributed by atoms with Gasteiger partial charge in [-0.25, -0.2) is 9.97 Å². The van der Waals surface area contributed by atoms with Crippen LogP contribution in [0.25, 0.3) is 0 Å². The molecule has 0 unspecified atom stereocenters. The molecule has 2 rings (SSSR count). The molecule has 0 saturated carbocycles. The highest BCUT2D eigenvalue weighted by Crippen LogP contribution is 2.28. The highest BCUT2D eigenvalue weighted by molar-refractivity contribution is 5.70.